The minimum Gasteiger partial charge on any atom is -0.492 e. The Kier molecular flexibility index (Phi) is 8.62. The molecule has 3 nitrogen and oxygen atoms in total. The van der Waals surface area contributed by atoms with Crippen LogP contribution in [0.2, 0.25) is 5.02 Å². The zero-order chi connectivity index (χ0) is 20.7. The molecule has 0 fully saturated rings. The Morgan fingerprint density at radius 3 is 2.32 bits per heavy atom. The second-order valence-electron chi connectivity index (χ2n) is 8.24. The first-order chi connectivity index (χ1) is 13.3. The zero-order valence-corrected chi connectivity index (χ0v) is 18.8. The molecule has 1 atom stereocenters. The third kappa shape index (κ3) is 6.41. The van der Waals surface area contributed by atoms with E-state index in [-0.39, 0.29) is 0 Å². The molecular formula is C24H34ClNO2. The number of hydrogen-bond acceptors (Lipinski definition) is 3. The van der Waals surface area contributed by atoms with Crippen LogP contribution >= 0.6 is 11.6 Å². The number of ether oxygens (including phenoxy) is 2. The lowest BCUT2D eigenvalue weighted by Crippen LogP contribution is -2.06. The summed E-state index contributed by atoms with van der Waals surface area (Å²) in [6.07, 6.45) is 3.72. The second-order valence-corrected chi connectivity index (χ2v) is 8.61. The molecule has 0 aliphatic carbocycles. The first-order valence-corrected chi connectivity index (χ1v) is 10.7. The zero-order valence-electron chi connectivity index (χ0n) is 18.1. The lowest BCUT2D eigenvalue weighted by Gasteiger charge is -2.18. The molecule has 4 heteroatoms. The van der Waals surface area contributed by atoms with Crippen molar-refractivity contribution in [1.82, 2.24) is 4.98 Å². The normalized spacial score (nSPS) is 12.5. The lowest BCUT2D eigenvalue weighted by atomic mass is 9.92. The number of nitrogens with zero attached hydrogens (tertiary/aromatic N) is 1. The van der Waals surface area contributed by atoms with E-state index in [9.17, 15) is 0 Å². The Labute approximate surface area is 175 Å². The van der Waals surface area contributed by atoms with E-state index in [4.69, 9.17) is 21.1 Å². The summed E-state index contributed by atoms with van der Waals surface area (Å²) in [4.78, 5) is 4.46. The van der Waals surface area contributed by atoms with Gasteiger partial charge in [0.05, 0.1) is 18.2 Å². The monoisotopic (exact) mass is 403 g/mol. The molecule has 0 amide bonds. The molecule has 0 radical (unpaired) electrons. The van der Waals surface area contributed by atoms with E-state index in [1.54, 1.807) is 0 Å². The standard InChI is InChI=1S/C24H34ClNO2/c1-7-10-27-22-13-20(17(4)5)12-21(24(22)25)11-18(6)19-8-9-23(26-14-19)28-15-16(2)3/h8-9,12-14,16-18H,7,10-11,15H2,1-6H3. The minimum atomic E-state index is 0.297. The molecule has 1 unspecified atom stereocenters. The van der Waals surface area contributed by atoms with Crippen molar-refractivity contribution in [3.8, 4) is 11.6 Å². The van der Waals surface area contributed by atoms with Crippen LogP contribution in [0.15, 0.2) is 30.5 Å². The van der Waals surface area contributed by atoms with Crippen LogP contribution in [0.3, 0.4) is 0 Å². The highest BCUT2D eigenvalue weighted by molar-refractivity contribution is 6.32. The maximum absolute atomic E-state index is 6.69. The lowest BCUT2D eigenvalue weighted by molar-refractivity contribution is 0.261. The summed E-state index contributed by atoms with van der Waals surface area (Å²) >= 11 is 6.69. The van der Waals surface area contributed by atoms with Crippen molar-refractivity contribution in [2.45, 2.75) is 66.2 Å². The van der Waals surface area contributed by atoms with Crippen molar-refractivity contribution in [2.75, 3.05) is 13.2 Å². The molecule has 2 rings (SSSR count). The topological polar surface area (TPSA) is 31.4 Å². The fraction of sp³-hybridized carbons (Fsp3) is 0.542. The molecule has 0 saturated carbocycles. The van der Waals surface area contributed by atoms with Gasteiger partial charge in [-0.15, -0.1) is 0 Å². The second kappa shape index (κ2) is 10.7. The summed E-state index contributed by atoms with van der Waals surface area (Å²) in [7, 11) is 0. The molecule has 1 aromatic heterocycles. The molecule has 0 saturated heterocycles. The van der Waals surface area contributed by atoms with Crippen LogP contribution in [0.5, 0.6) is 11.6 Å². The summed E-state index contributed by atoms with van der Waals surface area (Å²) in [6, 6.07) is 8.35. The third-order valence-electron chi connectivity index (χ3n) is 4.68. The molecule has 0 N–H and O–H groups in total. The van der Waals surface area contributed by atoms with E-state index in [1.165, 1.54) is 11.1 Å². The van der Waals surface area contributed by atoms with Gasteiger partial charge >= 0.3 is 0 Å². The van der Waals surface area contributed by atoms with Gasteiger partial charge in [-0.25, -0.2) is 4.98 Å². The van der Waals surface area contributed by atoms with E-state index >= 15 is 0 Å². The van der Waals surface area contributed by atoms with Crippen molar-refractivity contribution in [3.63, 3.8) is 0 Å². The van der Waals surface area contributed by atoms with Crippen molar-refractivity contribution in [3.05, 3.63) is 52.2 Å². The highest BCUT2D eigenvalue weighted by Crippen LogP contribution is 2.35. The van der Waals surface area contributed by atoms with Crippen LogP contribution in [0.25, 0.3) is 0 Å². The highest BCUT2D eigenvalue weighted by Gasteiger charge is 2.16. The highest BCUT2D eigenvalue weighted by atomic mass is 35.5. The molecule has 0 aliphatic heterocycles. The van der Waals surface area contributed by atoms with Gasteiger partial charge in [0.15, 0.2) is 0 Å². The average Bonchev–Trinajstić information content (AvgIpc) is 2.67. The van der Waals surface area contributed by atoms with Gasteiger partial charge in [0.25, 0.3) is 0 Å². The quantitative estimate of drug-likeness (QED) is 0.426. The van der Waals surface area contributed by atoms with Crippen LogP contribution in [-0.2, 0) is 6.42 Å². The van der Waals surface area contributed by atoms with Crippen LogP contribution in [0, 0.1) is 5.92 Å². The number of aromatic nitrogens is 1. The number of hydrogen-bond donors (Lipinski definition) is 0. The van der Waals surface area contributed by atoms with Gasteiger partial charge in [-0.3, -0.25) is 0 Å². The van der Waals surface area contributed by atoms with Gasteiger partial charge in [0, 0.05) is 12.3 Å². The summed E-state index contributed by atoms with van der Waals surface area (Å²) in [6.45, 7) is 14.3. The summed E-state index contributed by atoms with van der Waals surface area (Å²) in [5.41, 5.74) is 3.57. The smallest absolute Gasteiger partial charge is 0.213 e. The van der Waals surface area contributed by atoms with Crippen LogP contribution in [-0.4, -0.2) is 18.2 Å². The fourth-order valence-corrected chi connectivity index (χ4v) is 3.19. The van der Waals surface area contributed by atoms with Crippen molar-refractivity contribution >= 4 is 11.6 Å². The predicted molar refractivity (Wildman–Crippen MR) is 118 cm³/mol. The van der Waals surface area contributed by atoms with Gasteiger partial charge in [0.2, 0.25) is 5.88 Å². The van der Waals surface area contributed by atoms with Crippen molar-refractivity contribution in [1.29, 1.82) is 0 Å². The number of halogens is 1. The van der Waals surface area contributed by atoms with E-state index in [0.717, 1.165) is 29.2 Å². The largest absolute Gasteiger partial charge is 0.492 e. The number of rotatable bonds is 10. The molecule has 28 heavy (non-hydrogen) atoms. The maximum Gasteiger partial charge on any atom is 0.213 e. The van der Waals surface area contributed by atoms with Gasteiger partial charge in [0.1, 0.15) is 5.75 Å². The van der Waals surface area contributed by atoms with Crippen molar-refractivity contribution < 1.29 is 9.47 Å². The Hall–Kier alpha value is -1.74. The first kappa shape index (κ1) is 22.5. The van der Waals surface area contributed by atoms with Crippen LogP contribution in [0.4, 0.5) is 0 Å². The molecule has 2 aromatic rings. The molecule has 0 aliphatic rings. The molecule has 0 spiro atoms. The van der Waals surface area contributed by atoms with Crippen LogP contribution < -0.4 is 9.47 Å². The third-order valence-corrected chi connectivity index (χ3v) is 5.11. The molecular weight excluding hydrogens is 370 g/mol. The summed E-state index contributed by atoms with van der Waals surface area (Å²) < 4.78 is 11.6. The average molecular weight is 404 g/mol. The molecule has 1 heterocycles. The SMILES string of the molecule is CCCOc1cc(C(C)C)cc(CC(C)c2ccc(OCC(C)C)nc2)c1Cl. The van der Waals surface area contributed by atoms with Crippen molar-refractivity contribution in [2.24, 2.45) is 5.92 Å². The van der Waals surface area contributed by atoms with E-state index in [0.29, 0.717) is 36.8 Å². The van der Waals surface area contributed by atoms with E-state index in [2.05, 4.69) is 64.7 Å². The van der Waals surface area contributed by atoms with E-state index in [1.807, 2.05) is 12.3 Å². The Morgan fingerprint density at radius 2 is 1.75 bits per heavy atom. The fourth-order valence-electron chi connectivity index (χ4n) is 2.95. The Morgan fingerprint density at radius 1 is 1.00 bits per heavy atom. The summed E-state index contributed by atoms with van der Waals surface area (Å²) in [5, 5.41) is 0.731. The molecule has 1 aromatic carbocycles. The minimum absolute atomic E-state index is 0.297. The molecule has 154 valence electrons. The van der Waals surface area contributed by atoms with Gasteiger partial charge < -0.3 is 9.47 Å². The Bertz CT molecular complexity index is 741. The number of pyridine rings is 1. The summed E-state index contributed by atoms with van der Waals surface area (Å²) in [5.74, 6) is 2.69. The van der Waals surface area contributed by atoms with E-state index < -0.39 is 0 Å². The van der Waals surface area contributed by atoms with Gasteiger partial charge in [-0.2, -0.15) is 0 Å². The first-order valence-electron chi connectivity index (χ1n) is 10.4. The predicted octanol–water partition coefficient (Wildman–Crippen LogP) is 7.03. The maximum atomic E-state index is 6.69. The molecule has 0 bridgehead atoms. The van der Waals surface area contributed by atoms with Crippen LogP contribution in [0.1, 0.15) is 76.5 Å². The Balaban J connectivity index is 2.17. The van der Waals surface area contributed by atoms with Gasteiger partial charge in [-0.05, 0) is 53.4 Å². The number of benzene rings is 1. The van der Waals surface area contributed by atoms with Gasteiger partial charge in [-0.1, -0.05) is 65.3 Å².